The first-order chi connectivity index (χ1) is 7.40. The summed E-state index contributed by atoms with van der Waals surface area (Å²) in [5.41, 5.74) is 5.59. The summed E-state index contributed by atoms with van der Waals surface area (Å²) < 4.78 is 0. The Balaban J connectivity index is 3.00. The molecule has 0 bridgehead atoms. The summed E-state index contributed by atoms with van der Waals surface area (Å²) in [5.74, 6) is -0.294. The summed E-state index contributed by atoms with van der Waals surface area (Å²) in [6.07, 6.45) is 1.52. The molecular formula is C11H17N3O2. The van der Waals surface area contributed by atoms with Crippen molar-refractivity contribution in [1.29, 1.82) is 0 Å². The van der Waals surface area contributed by atoms with Crippen LogP contribution in [0.4, 0.5) is 5.69 Å². The molecule has 5 heteroatoms. The van der Waals surface area contributed by atoms with Crippen molar-refractivity contribution in [2.75, 3.05) is 19.4 Å². The molecule has 88 valence electrons. The number of aliphatic hydroxyl groups excluding tert-OH is 1. The second kappa shape index (κ2) is 4.49. The number of pyridine rings is 1. The van der Waals surface area contributed by atoms with Crippen LogP contribution in [0.5, 0.6) is 0 Å². The van der Waals surface area contributed by atoms with Crippen LogP contribution in [0.25, 0.3) is 0 Å². The van der Waals surface area contributed by atoms with Gasteiger partial charge in [-0.15, -0.1) is 0 Å². The van der Waals surface area contributed by atoms with Gasteiger partial charge >= 0.3 is 0 Å². The number of nitrogen functional groups attached to an aromatic ring is 1. The van der Waals surface area contributed by atoms with Gasteiger partial charge < -0.3 is 15.7 Å². The van der Waals surface area contributed by atoms with Crippen LogP contribution in [0.3, 0.4) is 0 Å². The number of anilines is 1. The van der Waals surface area contributed by atoms with E-state index in [4.69, 9.17) is 5.73 Å². The quantitative estimate of drug-likeness (QED) is 0.782. The van der Waals surface area contributed by atoms with Crippen molar-refractivity contribution in [2.45, 2.75) is 19.4 Å². The molecule has 0 fully saturated rings. The molecule has 0 aromatic carbocycles. The molecule has 0 radical (unpaired) electrons. The summed E-state index contributed by atoms with van der Waals surface area (Å²) in [6, 6.07) is 3.29. The van der Waals surface area contributed by atoms with Crippen LogP contribution < -0.4 is 5.73 Å². The van der Waals surface area contributed by atoms with E-state index in [1.165, 1.54) is 11.1 Å². The first kappa shape index (κ1) is 12.4. The monoisotopic (exact) mass is 223 g/mol. The Morgan fingerprint density at radius 1 is 1.62 bits per heavy atom. The van der Waals surface area contributed by atoms with Gasteiger partial charge in [0.25, 0.3) is 5.91 Å². The predicted octanol–water partition coefficient (Wildman–Crippen LogP) is 0.507. The number of hydrogen-bond acceptors (Lipinski definition) is 4. The fourth-order valence-corrected chi connectivity index (χ4v) is 1.14. The fourth-order valence-electron chi connectivity index (χ4n) is 1.14. The lowest BCUT2D eigenvalue weighted by molar-refractivity contribution is 0.0469. The Kier molecular flexibility index (Phi) is 3.49. The summed E-state index contributed by atoms with van der Waals surface area (Å²) in [7, 11) is 1.62. The first-order valence-corrected chi connectivity index (χ1v) is 4.99. The molecular weight excluding hydrogens is 206 g/mol. The molecule has 16 heavy (non-hydrogen) atoms. The summed E-state index contributed by atoms with van der Waals surface area (Å²) >= 11 is 0. The molecule has 1 heterocycles. The van der Waals surface area contributed by atoms with Crippen LogP contribution in [-0.2, 0) is 0 Å². The average Bonchev–Trinajstić information content (AvgIpc) is 2.27. The number of nitrogens with two attached hydrogens (primary N) is 1. The molecule has 0 unspecified atom stereocenters. The van der Waals surface area contributed by atoms with E-state index in [0.717, 1.165) is 0 Å². The van der Waals surface area contributed by atoms with Gasteiger partial charge in [-0.05, 0) is 26.0 Å². The Morgan fingerprint density at radius 2 is 2.25 bits per heavy atom. The van der Waals surface area contributed by atoms with E-state index in [2.05, 4.69) is 4.98 Å². The van der Waals surface area contributed by atoms with E-state index in [1.54, 1.807) is 33.0 Å². The molecule has 1 rings (SSSR count). The molecule has 1 aromatic rings. The minimum Gasteiger partial charge on any atom is -0.397 e. The molecule has 0 aliphatic rings. The van der Waals surface area contributed by atoms with Gasteiger partial charge in [-0.3, -0.25) is 4.79 Å². The number of aliphatic hydroxyl groups is 1. The van der Waals surface area contributed by atoms with Gasteiger partial charge in [0.15, 0.2) is 5.69 Å². The second-order valence-electron chi connectivity index (χ2n) is 4.28. The highest BCUT2D eigenvalue weighted by Gasteiger charge is 2.29. The number of rotatable bonds is 3. The predicted molar refractivity (Wildman–Crippen MR) is 61.9 cm³/mol. The highest BCUT2D eigenvalue weighted by Crippen LogP contribution is 2.17. The molecule has 0 aliphatic carbocycles. The van der Waals surface area contributed by atoms with Crippen LogP contribution in [0.1, 0.15) is 24.3 Å². The van der Waals surface area contributed by atoms with Crippen molar-refractivity contribution in [3.63, 3.8) is 0 Å². The lowest BCUT2D eigenvalue weighted by Crippen LogP contribution is -2.48. The maximum absolute atomic E-state index is 12.0. The van der Waals surface area contributed by atoms with E-state index in [0.29, 0.717) is 5.69 Å². The number of carbonyl (C=O) groups excluding carboxylic acids is 1. The zero-order valence-corrected chi connectivity index (χ0v) is 9.77. The molecule has 3 N–H and O–H groups in total. The van der Waals surface area contributed by atoms with Crippen molar-refractivity contribution >= 4 is 11.6 Å². The number of likely N-dealkylation sites (N-methyl/N-ethyl adjacent to an activating group) is 1. The van der Waals surface area contributed by atoms with Gasteiger partial charge in [-0.2, -0.15) is 0 Å². The van der Waals surface area contributed by atoms with Crippen LogP contribution in [0.2, 0.25) is 0 Å². The van der Waals surface area contributed by atoms with Gasteiger partial charge in [-0.25, -0.2) is 4.98 Å². The molecule has 1 amide bonds. The smallest absolute Gasteiger partial charge is 0.274 e. The molecule has 0 spiro atoms. The van der Waals surface area contributed by atoms with E-state index in [9.17, 15) is 9.90 Å². The molecule has 5 nitrogen and oxygen atoms in total. The second-order valence-corrected chi connectivity index (χ2v) is 4.28. The normalized spacial score (nSPS) is 11.2. The SMILES string of the molecule is CN(C(=O)c1ncccc1N)C(C)(C)CO. The number of nitrogens with zero attached hydrogens (tertiary/aromatic N) is 2. The van der Waals surface area contributed by atoms with E-state index < -0.39 is 5.54 Å². The largest absolute Gasteiger partial charge is 0.397 e. The average molecular weight is 223 g/mol. The lowest BCUT2D eigenvalue weighted by Gasteiger charge is -2.33. The maximum Gasteiger partial charge on any atom is 0.274 e. The van der Waals surface area contributed by atoms with Gasteiger partial charge in [-0.1, -0.05) is 0 Å². The standard InChI is InChI=1S/C11H17N3O2/c1-11(2,7-15)14(3)10(16)9-8(12)5-4-6-13-9/h4-6,15H,7,12H2,1-3H3. The van der Waals surface area contributed by atoms with E-state index >= 15 is 0 Å². The number of aromatic nitrogens is 1. The van der Waals surface area contributed by atoms with Gasteiger partial charge in [0.05, 0.1) is 17.8 Å². The Labute approximate surface area is 94.9 Å². The van der Waals surface area contributed by atoms with Crippen molar-refractivity contribution < 1.29 is 9.90 Å². The number of amides is 1. The van der Waals surface area contributed by atoms with Gasteiger partial charge in [0.1, 0.15) is 0 Å². The zero-order chi connectivity index (χ0) is 12.3. The third kappa shape index (κ3) is 2.30. The summed E-state index contributed by atoms with van der Waals surface area (Å²) in [5, 5.41) is 9.18. The third-order valence-corrected chi connectivity index (χ3v) is 2.64. The molecule has 0 atom stereocenters. The lowest BCUT2D eigenvalue weighted by atomic mass is 10.0. The number of carbonyl (C=O) groups is 1. The number of hydrogen-bond donors (Lipinski definition) is 2. The fraction of sp³-hybridized carbons (Fsp3) is 0.455. The van der Waals surface area contributed by atoms with Crippen molar-refractivity contribution in [3.05, 3.63) is 24.0 Å². The summed E-state index contributed by atoms with van der Waals surface area (Å²) in [6.45, 7) is 3.41. The minimum atomic E-state index is -0.638. The molecule has 0 saturated carbocycles. The van der Waals surface area contributed by atoms with Gasteiger partial charge in [0.2, 0.25) is 0 Å². The van der Waals surface area contributed by atoms with Crippen LogP contribution in [-0.4, -0.2) is 40.1 Å². The Hall–Kier alpha value is -1.62. The highest BCUT2D eigenvalue weighted by molar-refractivity contribution is 5.97. The third-order valence-electron chi connectivity index (χ3n) is 2.64. The van der Waals surface area contributed by atoms with Crippen LogP contribution >= 0.6 is 0 Å². The highest BCUT2D eigenvalue weighted by atomic mass is 16.3. The summed E-state index contributed by atoms with van der Waals surface area (Å²) in [4.78, 5) is 17.4. The molecule has 0 aliphatic heterocycles. The van der Waals surface area contributed by atoms with Gasteiger partial charge in [0, 0.05) is 13.2 Å². The topological polar surface area (TPSA) is 79.5 Å². The van der Waals surface area contributed by atoms with Crippen molar-refractivity contribution in [3.8, 4) is 0 Å². The molecule has 0 saturated heterocycles. The van der Waals surface area contributed by atoms with E-state index in [-0.39, 0.29) is 18.2 Å². The van der Waals surface area contributed by atoms with Crippen LogP contribution in [0, 0.1) is 0 Å². The van der Waals surface area contributed by atoms with Crippen LogP contribution in [0.15, 0.2) is 18.3 Å². The molecule has 1 aromatic heterocycles. The minimum absolute atomic E-state index is 0.123. The Morgan fingerprint density at radius 3 is 2.75 bits per heavy atom. The Bertz CT molecular complexity index is 391. The van der Waals surface area contributed by atoms with Crippen molar-refractivity contribution in [1.82, 2.24) is 9.88 Å². The van der Waals surface area contributed by atoms with Crippen molar-refractivity contribution in [2.24, 2.45) is 0 Å². The zero-order valence-electron chi connectivity index (χ0n) is 9.77. The van der Waals surface area contributed by atoms with E-state index in [1.807, 2.05) is 0 Å². The first-order valence-electron chi connectivity index (χ1n) is 4.99. The maximum atomic E-state index is 12.0.